The predicted molar refractivity (Wildman–Crippen MR) is 94.7 cm³/mol. The van der Waals surface area contributed by atoms with Crippen LogP contribution in [0.4, 0.5) is 11.5 Å². The molecule has 30 heavy (non-hydrogen) atoms. The average molecular weight is 467 g/mol. The van der Waals surface area contributed by atoms with Crippen molar-refractivity contribution < 1.29 is 90.2 Å². The largest absolute Gasteiger partial charge is 1.00 e. The SMILES string of the molecule is Cc1cccc(N=Nc2c(O)c(S(=O)(=O)[O-])cc3cc(S(=O)(=O)[O-])ccc23)n1.[Na+].[Na+]. The van der Waals surface area contributed by atoms with E-state index in [0.717, 1.165) is 24.3 Å². The molecule has 0 radical (unpaired) electrons. The van der Waals surface area contributed by atoms with Crippen LogP contribution < -0.4 is 59.1 Å². The standard InChI is InChI=1S/C16H13N3O7S2.2Na/c1-9-3-2-4-14(17-9)18-19-15-12-6-5-11(27(21,22)23)7-10(12)8-13(16(15)20)28(24,25)26;;/h2-8,20H,1H3,(H,21,22,23)(H,24,25,26);;/q;2*+1/p-2. The van der Waals surface area contributed by atoms with Crippen LogP contribution in [-0.4, -0.2) is 36.0 Å². The minimum Gasteiger partial charge on any atom is -0.744 e. The molecule has 1 heterocycles. The van der Waals surface area contributed by atoms with Crippen LogP contribution in [0.3, 0.4) is 0 Å². The fourth-order valence-electron chi connectivity index (χ4n) is 2.46. The summed E-state index contributed by atoms with van der Waals surface area (Å²) in [5.41, 5.74) is 0.247. The molecule has 3 aromatic rings. The van der Waals surface area contributed by atoms with E-state index in [0.29, 0.717) is 5.69 Å². The van der Waals surface area contributed by atoms with Crippen molar-refractivity contribution in [1.29, 1.82) is 0 Å². The molecular formula is C16H11N3Na2O7S2. The molecule has 0 atom stereocenters. The van der Waals surface area contributed by atoms with Crippen LogP contribution in [0, 0.1) is 6.92 Å². The minimum atomic E-state index is -5.13. The second kappa shape index (κ2) is 10.1. The Balaban J connectivity index is 0.00000225. The van der Waals surface area contributed by atoms with Crippen molar-refractivity contribution in [2.45, 2.75) is 16.7 Å². The number of phenolic OH excluding ortho intramolecular Hbond substituents is 1. The van der Waals surface area contributed by atoms with Crippen molar-refractivity contribution in [2.75, 3.05) is 0 Å². The zero-order chi connectivity index (χ0) is 20.7. The van der Waals surface area contributed by atoms with E-state index < -0.39 is 35.8 Å². The number of aromatic nitrogens is 1. The van der Waals surface area contributed by atoms with Gasteiger partial charge in [0.05, 0.1) is 9.79 Å². The van der Waals surface area contributed by atoms with Crippen LogP contribution in [-0.2, 0) is 20.2 Å². The van der Waals surface area contributed by atoms with Crippen LogP contribution in [0.15, 0.2) is 62.5 Å². The van der Waals surface area contributed by atoms with E-state index in [2.05, 4.69) is 15.2 Å². The van der Waals surface area contributed by atoms with Gasteiger partial charge < -0.3 is 14.2 Å². The first kappa shape index (κ1) is 27.1. The number of azo groups is 1. The van der Waals surface area contributed by atoms with E-state index in [-0.39, 0.29) is 81.4 Å². The molecule has 10 nitrogen and oxygen atoms in total. The summed E-state index contributed by atoms with van der Waals surface area (Å²) in [5, 5.41) is 17.8. The Morgan fingerprint density at radius 1 is 0.933 bits per heavy atom. The van der Waals surface area contributed by atoms with Gasteiger partial charge in [0.2, 0.25) is 0 Å². The molecule has 0 unspecified atom stereocenters. The molecule has 2 aromatic carbocycles. The first-order chi connectivity index (χ1) is 13.0. The number of aryl methyl sites for hydroxylation is 1. The minimum absolute atomic E-state index is 0. The molecule has 0 spiro atoms. The molecule has 1 aromatic heterocycles. The first-order valence-electron chi connectivity index (χ1n) is 7.54. The Kier molecular flexibility index (Phi) is 9.15. The number of nitrogens with zero attached hydrogens (tertiary/aromatic N) is 3. The quantitative estimate of drug-likeness (QED) is 0.234. The topological polar surface area (TPSA) is 172 Å². The maximum Gasteiger partial charge on any atom is 1.00 e. The summed E-state index contributed by atoms with van der Waals surface area (Å²) in [6.07, 6.45) is 0. The molecule has 0 saturated carbocycles. The number of aromatic hydroxyl groups is 1. The third-order valence-electron chi connectivity index (χ3n) is 3.71. The van der Waals surface area contributed by atoms with Crippen LogP contribution >= 0.6 is 0 Å². The molecule has 3 rings (SSSR count). The van der Waals surface area contributed by atoms with E-state index in [9.17, 15) is 31.0 Å². The van der Waals surface area contributed by atoms with Gasteiger partial charge >= 0.3 is 59.1 Å². The van der Waals surface area contributed by atoms with E-state index in [1.807, 2.05) is 0 Å². The summed E-state index contributed by atoms with van der Waals surface area (Å²) in [4.78, 5) is 2.42. The number of phenols is 1. The Morgan fingerprint density at radius 2 is 1.60 bits per heavy atom. The smallest absolute Gasteiger partial charge is 0.744 e. The van der Waals surface area contributed by atoms with E-state index in [1.165, 1.54) is 6.07 Å². The van der Waals surface area contributed by atoms with E-state index >= 15 is 0 Å². The van der Waals surface area contributed by atoms with E-state index in [1.54, 1.807) is 19.1 Å². The molecule has 0 aliphatic carbocycles. The summed E-state index contributed by atoms with van der Waals surface area (Å²) in [7, 11) is -9.96. The number of hydrogen-bond acceptors (Lipinski definition) is 10. The molecule has 146 valence electrons. The fraction of sp³-hybridized carbons (Fsp3) is 0.0625. The van der Waals surface area contributed by atoms with Crippen molar-refractivity contribution in [3.05, 3.63) is 48.2 Å². The van der Waals surface area contributed by atoms with Crippen LogP contribution in [0.5, 0.6) is 5.75 Å². The number of rotatable bonds is 4. The molecule has 0 bridgehead atoms. The fourth-order valence-corrected chi connectivity index (χ4v) is 3.57. The van der Waals surface area contributed by atoms with Gasteiger partial charge in [0.1, 0.15) is 25.9 Å². The summed E-state index contributed by atoms with van der Waals surface area (Å²) >= 11 is 0. The number of pyridine rings is 1. The Bertz CT molecular complexity index is 1340. The molecule has 1 N–H and O–H groups in total. The van der Waals surface area contributed by atoms with Gasteiger partial charge in [-0.1, -0.05) is 12.1 Å². The predicted octanol–water partition coefficient (Wildman–Crippen LogP) is -3.52. The number of fused-ring (bicyclic) bond motifs is 1. The van der Waals surface area contributed by atoms with Gasteiger partial charge in [0.25, 0.3) is 0 Å². The monoisotopic (exact) mass is 467 g/mol. The van der Waals surface area contributed by atoms with Crippen LogP contribution in [0.2, 0.25) is 0 Å². The average Bonchev–Trinajstić information content (AvgIpc) is 2.58. The number of hydrogen-bond donors (Lipinski definition) is 1. The first-order valence-corrected chi connectivity index (χ1v) is 10.4. The zero-order valence-electron chi connectivity index (χ0n) is 16.1. The van der Waals surface area contributed by atoms with Gasteiger partial charge in [-0.05, 0) is 42.6 Å². The van der Waals surface area contributed by atoms with Crippen molar-refractivity contribution in [1.82, 2.24) is 4.98 Å². The summed E-state index contributed by atoms with van der Waals surface area (Å²) in [6, 6.07) is 8.64. The van der Waals surface area contributed by atoms with Crippen molar-refractivity contribution in [3.63, 3.8) is 0 Å². The second-order valence-corrected chi connectivity index (χ2v) is 8.43. The van der Waals surface area contributed by atoms with Gasteiger partial charge in [-0.3, -0.25) is 0 Å². The molecule has 0 aliphatic rings. The summed E-state index contributed by atoms with van der Waals surface area (Å²) in [6.45, 7) is 1.71. The molecule has 14 heteroatoms. The van der Waals surface area contributed by atoms with Gasteiger partial charge in [-0.15, -0.1) is 10.2 Å². The Morgan fingerprint density at radius 3 is 2.17 bits per heavy atom. The van der Waals surface area contributed by atoms with Crippen LogP contribution in [0.25, 0.3) is 10.8 Å². The Labute approximate surface area is 216 Å². The van der Waals surface area contributed by atoms with Crippen molar-refractivity contribution >= 4 is 42.5 Å². The Hall–Kier alpha value is -0.930. The summed E-state index contributed by atoms with van der Waals surface area (Å²) in [5.74, 6) is -0.793. The summed E-state index contributed by atoms with van der Waals surface area (Å²) < 4.78 is 68.1. The van der Waals surface area contributed by atoms with Crippen molar-refractivity contribution in [2.24, 2.45) is 10.2 Å². The maximum absolute atomic E-state index is 11.5. The normalized spacial score (nSPS) is 11.8. The molecule has 0 aliphatic heterocycles. The third kappa shape index (κ3) is 6.07. The molecule has 0 fully saturated rings. The second-order valence-electron chi connectivity index (χ2n) is 5.70. The zero-order valence-corrected chi connectivity index (χ0v) is 21.7. The third-order valence-corrected chi connectivity index (χ3v) is 5.39. The van der Waals surface area contributed by atoms with Gasteiger partial charge in [0.15, 0.2) is 11.6 Å². The molecular weight excluding hydrogens is 456 g/mol. The van der Waals surface area contributed by atoms with Gasteiger partial charge in [-0.2, -0.15) is 0 Å². The maximum atomic E-state index is 11.5. The molecule has 0 saturated heterocycles. The number of benzene rings is 2. The van der Waals surface area contributed by atoms with Gasteiger partial charge in [0, 0.05) is 11.1 Å². The van der Waals surface area contributed by atoms with Crippen LogP contribution in [0.1, 0.15) is 5.69 Å². The van der Waals surface area contributed by atoms with Crippen molar-refractivity contribution in [3.8, 4) is 5.75 Å². The van der Waals surface area contributed by atoms with E-state index in [4.69, 9.17) is 0 Å². The molecule has 0 amide bonds. The van der Waals surface area contributed by atoms with Gasteiger partial charge in [-0.25, -0.2) is 21.8 Å².